The van der Waals surface area contributed by atoms with E-state index in [1.54, 1.807) is 0 Å². The molecule has 0 aromatic heterocycles. The van der Waals surface area contributed by atoms with Gasteiger partial charge in [0.15, 0.2) is 0 Å². The van der Waals surface area contributed by atoms with Crippen molar-refractivity contribution in [3.63, 3.8) is 0 Å². The summed E-state index contributed by atoms with van der Waals surface area (Å²) in [5.74, 6) is 0.143. The number of aliphatic hydroxyl groups excluding tert-OH is 1. The molecule has 0 heterocycles. The van der Waals surface area contributed by atoms with E-state index in [4.69, 9.17) is 5.11 Å². The number of amides is 1. The fourth-order valence-electron chi connectivity index (χ4n) is 1.59. The Hall–Kier alpha value is -0.610. The minimum absolute atomic E-state index is 0.0400. The smallest absolute Gasteiger partial charge is 0.236 e. The Morgan fingerprint density at radius 1 is 1.31 bits per heavy atom. The Bertz CT molecular complexity index is 201. The fraction of sp³-hybridized carbons (Fsp3) is 0.917. The summed E-state index contributed by atoms with van der Waals surface area (Å²) in [6, 6.07) is 0. The van der Waals surface area contributed by atoms with Gasteiger partial charge in [0.05, 0.1) is 6.54 Å². The van der Waals surface area contributed by atoms with Gasteiger partial charge in [0.25, 0.3) is 0 Å². The molecule has 0 bridgehead atoms. The van der Waals surface area contributed by atoms with Gasteiger partial charge >= 0.3 is 0 Å². The van der Waals surface area contributed by atoms with Gasteiger partial charge in [-0.1, -0.05) is 13.8 Å². The highest BCUT2D eigenvalue weighted by Gasteiger charge is 2.17. The first-order chi connectivity index (χ1) is 7.46. The Balaban J connectivity index is 3.85. The number of carbonyl (C=O) groups is 1. The molecule has 0 saturated heterocycles. The molecule has 0 saturated carbocycles. The summed E-state index contributed by atoms with van der Waals surface area (Å²) in [5, 5.41) is 12.0. The van der Waals surface area contributed by atoms with Crippen LogP contribution in [0, 0.1) is 5.41 Å². The lowest BCUT2D eigenvalue weighted by Crippen LogP contribution is -2.40. The number of rotatable bonds is 8. The fourth-order valence-corrected chi connectivity index (χ4v) is 1.59. The molecule has 4 heteroatoms. The molecule has 4 nitrogen and oxygen atoms in total. The second-order valence-electron chi connectivity index (χ2n) is 4.81. The summed E-state index contributed by atoms with van der Waals surface area (Å²) in [7, 11) is 0. The van der Waals surface area contributed by atoms with E-state index >= 15 is 0 Å². The molecule has 2 N–H and O–H groups in total. The molecule has 96 valence electrons. The van der Waals surface area contributed by atoms with Gasteiger partial charge in [-0.15, -0.1) is 0 Å². The van der Waals surface area contributed by atoms with E-state index in [0.29, 0.717) is 6.54 Å². The largest absolute Gasteiger partial charge is 0.396 e. The summed E-state index contributed by atoms with van der Waals surface area (Å²) in [5.41, 5.74) is 0.0400. The van der Waals surface area contributed by atoms with E-state index in [0.717, 1.165) is 26.1 Å². The van der Waals surface area contributed by atoms with Gasteiger partial charge in [0.2, 0.25) is 5.91 Å². The minimum Gasteiger partial charge on any atom is -0.396 e. The van der Waals surface area contributed by atoms with Crippen LogP contribution >= 0.6 is 0 Å². The molecule has 0 aromatic rings. The van der Waals surface area contributed by atoms with Gasteiger partial charge in [0.1, 0.15) is 0 Å². The topological polar surface area (TPSA) is 52.6 Å². The van der Waals surface area contributed by atoms with Crippen LogP contribution in [0.3, 0.4) is 0 Å². The van der Waals surface area contributed by atoms with Crippen molar-refractivity contribution < 1.29 is 9.90 Å². The molecule has 0 aliphatic carbocycles. The predicted molar refractivity (Wildman–Crippen MR) is 66.3 cm³/mol. The van der Waals surface area contributed by atoms with Crippen molar-refractivity contribution in [3.05, 3.63) is 0 Å². The van der Waals surface area contributed by atoms with E-state index in [-0.39, 0.29) is 17.9 Å². The van der Waals surface area contributed by atoms with Crippen molar-refractivity contribution in [1.29, 1.82) is 0 Å². The van der Waals surface area contributed by atoms with Crippen LogP contribution in [0.25, 0.3) is 0 Å². The first-order valence-electron chi connectivity index (χ1n) is 6.06. The van der Waals surface area contributed by atoms with Gasteiger partial charge in [-0.3, -0.25) is 4.79 Å². The lowest BCUT2D eigenvalue weighted by Gasteiger charge is -2.25. The second-order valence-corrected chi connectivity index (χ2v) is 4.81. The van der Waals surface area contributed by atoms with Crippen molar-refractivity contribution in [1.82, 2.24) is 10.2 Å². The predicted octanol–water partition coefficient (Wildman–Crippen LogP) is 0.853. The highest BCUT2D eigenvalue weighted by molar-refractivity contribution is 5.78. The average molecular weight is 230 g/mol. The third kappa shape index (κ3) is 6.08. The van der Waals surface area contributed by atoms with E-state index in [2.05, 4.69) is 19.2 Å². The lowest BCUT2D eigenvalue weighted by atomic mass is 9.90. The maximum Gasteiger partial charge on any atom is 0.236 e. The molecule has 1 amide bonds. The van der Waals surface area contributed by atoms with Gasteiger partial charge in [-0.05, 0) is 25.7 Å². The number of aliphatic hydroxyl groups is 1. The van der Waals surface area contributed by atoms with Crippen molar-refractivity contribution in [2.24, 2.45) is 5.41 Å². The van der Waals surface area contributed by atoms with E-state index in [9.17, 15) is 4.79 Å². The molecule has 0 atom stereocenters. The van der Waals surface area contributed by atoms with E-state index in [1.807, 2.05) is 18.7 Å². The first kappa shape index (κ1) is 15.4. The zero-order valence-electron chi connectivity index (χ0n) is 11.0. The van der Waals surface area contributed by atoms with Crippen LogP contribution < -0.4 is 5.32 Å². The van der Waals surface area contributed by atoms with Crippen LogP contribution in [0.2, 0.25) is 0 Å². The third-order valence-electron chi connectivity index (χ3n) is 2.78. The SMILES string of the molecule is CCN(CC)C(=O)CNCC(C)(C)CCO. The van der Waals surface area contributed by atoms with Gasteiger partial charge < -0.3 is 15.3 Å². The lowest BCUT2D eigenvalue weighted by molar-refractivity contribution is -0.129. The second kappa shape index (κ2) is 7.63. The van der Waals surface area contributed by atoms with Crippen LogP contribution in [0.1, 0.15) is 34.1 Å². The van der Waals surface area contributed by atoms with Crippen molar-refractivity contribution in [2.75, 3.05) is 32.8 Å². The molecule has 0 aliphatic heterocycles. The molecular formula is C12H26N2O2. The maximum absolute atomic E-state index is 11.7. The van der Waals surface area contributed by atoms with Crippen LogP contribution in [-0.4, -0.2) is 48.7 Å². The maximum atomic E-state index is 11.7. The molecule has 0 aliphatic rings. The van der Waals surface area contributed by atoms with Crippen molar-refractivity contribution >= 4 is 5.91 Å². The highest BCUT2D eigenvalue weighted by atomic mass is 16.3. The zero-order valence-corrected chi connectivity index (χ0v) is 11.0. The average Bonchev–Trinajstić information content (AvgIpc) is 2.19. The van der Waals surface area contributed by atoms with Crippen LogP contribution in [-0.2, 0) is 4.79 Å². The number of nitrogens with one attached hydrogen (secondary N) is 1. The number of hydrogen-bond acceptors (Lipinski definition) is 3. The number of hydrogen-bond donors (Lipinski definition) is 2. The summed E-state index contributed by atoms with van der Waals surface area (Å²) in [6.45, 7) is 11.0. The van der Waals surface area contributed by atoms with Gasteiger partial charge in [0, 0.05) is 26.2 Å². The van der Waals surface area contributed by atoms with Gasteiger partial charge in [-0.25, -0.2) is 0 Å². The summed E-state index contributed by atoms with van der Waals surface area (Å²) in [6.07, 6.45) is 0.749. The Morgan fingerprint density at radius 2 is 1.88 bits per heavy atom. The minimum atomic E-state index is 0.0400. The standard InChI is InChI=1S/C12H26N2O2/c1-5-14(6-2)11(16)9-13-10-12(3,4)7-8-15/h13,15H,5-10H2,1-4H3. The summed E-state index contributed by atoms with van der Waals surface area (Å²) in [4.78, 5) is 13.5. The molecule has 0 spiro atoms. The highest BCUT2D eigenvalue weighted by Crippen LogP contribution is 2.17. The zero-order chi connectivity index (χ0) is 12.6. The Kier molecular flexibility index (Phi) is 7.34. The van der Waals surface area contributed by atoms with Crippen LogP contribution in [0.4, 0.5) is 0 Å². The van der Waals surface area contributed by atoms with Crippen molar-refractivity contribution in [3.8, 4) is 0 Å². The summed E-state index contributed by atoms with van der Waals surface area (Å²) < 4.78 is 0. The van der Waals surface area contributed by atoms with Gasteiger partial charge in [-0.2, -0.15) is 0 Å². The monoisotopic (exact) mass is 230 g/mol. The van der Waals surface area contributed by atoms with E-state index in [1.165, 1.54) is 0 Å². The Morgan fingerprint density at radius 3 is 2.31 bits per heavy atom. The molecule has 0 rings (SSSR count). The summed E-state index contributed by atoms with van der Waals surface area (Å²) >= 11 is 0. The quantitative estimate of drug-likeness (QED) is 0.650. The first-order valence-corrected chi connectivity index (χ1v) is 6.06. The van der Waals surface area contributed by atoms with Crippen LogP contribution in [0.15, 0.2) is 0 Å². The number of likely N-dealkylation sites (N-methyl/N-ethyl adjacent to an activating group) is 1. The number of nitrogens with zero attached hydrogens (tertiary/aromatic N) is 1. The number of carbonyl (C=O) groups excluding carboxylic acids is 1. The Labute approximate surface area is 99.0 Å². The molecule has 0 aromatic carbocycles. The van der Waals surface area contributed by atoms with E-state index < -0.39 is 0 Å². The molecular weight excluding hydrogens is 204 g/mol. The van der Waals surface area contributed by atoms with Crippen LogP contribution in [0.5, 0.6) is 0 Å². The molecule has 0 radical (unpaired) electrons. The molecule has 16 heavy (non-hydrogen) atoms. The third-order valence-corrected chi connectivity index (χ3v) is 2.78. The molecule has 0 fully saturated rings. The van der Waals surface area contributed by atoms with Crippen molar-refractivity contribution in [2.45, 2.75) is 34.1 Å². The molecule has 0 unspecified atom stereocenters. The normalized spacial score (nSPS) is 11.6.